The molecular formula is C24H20N2O2. The fraction of sp³-hybridized carbons (Fsp3) is 0.0833. The molecule has 0 unspecified atom stereocenters. The number of rotatable bonds is 5. The maximum atomic E-state index is 12.6. The Morgan fingerprint density at radius 3 is 2.21 bits per heavy atom. The number of carbonyl (C=O) groups is 1. The normalized spacial score (nSPS) is 11.2. The van der Waals surface area contributed by atoms with Crippen molar-refractivity contribution in [3.8, 4) is 5.75 Å². The molecule has 0 radical (unpaired) electrons. The summed E-state index contributed by atoms with van der Waals surface area (Å²) in [6.07, 6.45) is 1.71. The Kier molecular flexibility index (Phi) is 5.02. The van der Waals surface area contributed by atoms with E-state index in [-0.39, 0.29) is 5.91 Å². The molecule has 1 N–H and O–H groups in total. The number of ether oxygens (including phenoxy) is 1. The number of nitrogens with one attached hydrogen (secondary N) is 1. The van der Waals surface area contributed by atoms with Gasteiger partial charge in [0.05, 0.1) is 18.4 Å². The third-order valence-corrected chi connectivity index (χ3v) is 4.60. The molecule has 4 rings (SSSR count). The lowest BCUT2D eigenvalue weighted by atomic mass is 9.97. The van der Waals surface area contributed by atoms with Crippen LogP contribution in [0.3, 0.4) is 0 Å². The second-order valence-electron chi connectivity index (χ2n) is 6.36. The van der Waals surface area contributed by atoms with E-state index in [1.54, 1.807) is 24.4 Å². The Morgan fingerprint density at radius 2 is 1.54 bits per heavy atom. The Balaban J connectivity index is 1.68. The number of para-hydroxylation sites is 1. The Hall–Kier alpha value is -3.66. The molecule has 1 amide bonds. The van der Waals surface area contributed by atoms with E-state index in [9.17, 15) is 4.79 Å². The number of fused-ring (bicyclic) bond motifs is 2. The monoisotopic (exact) mass is 368 g/mol. The minimum absolute atomic E-state index is 0.301. The van der Waals surface area contributed by atoms with Crippen LogP contribution in [0.25, 0.3) is 21.5 Å². The van der Waals surface area contributed by atoms with Gasteiger partial charge in [0.15, 0.2) is 0 Å². The predicted molar refractivity (Wildman–Crippen MR) is 114 cm³/mol. The SMILES string of the molecule is CCOc1ccccc1C(=O)N/N=C\c1c2ccccc2cc2ccccc12. The van der Waals surface area contributed by atoms with Gasteiger partial charge in [-0.05, 0) is 46.7 Å². The molecule has 0 saturated carbocycles. The van der Waals surface area contributed by atoms with Gasteiger partial charge in [-0.3, -0.25) is 4.79 Å². The van der Waals surface area contributed by atoms with Gasteiger partial charge in [0.25, 0.3) is 5.91 Å². The molecule has 0 spiro atoms. The Labute approximate surface area is 163 Å². The van der Waals surface area contributed by atoms with E-state index in [0.29, 0.717) is 17.9 Å². The van der Waals surface area contributed by atoms with Gasteiger partial charge in [0.2, 0.25) is 0 Å². The number of hydrogen-bond acceptors (Lipinski definition) is 3. The molecule has 4 nitrogen and oxygen atoms in total. The zero-order chi connectivity index (χ0) is 19.3. The van der Waals surface area contributed by atoms with Gasteiger partial charge >= 0.3 is 0 Å². The predicted octanol–water partition coefficient (Wildman–Crippen LogP) is 5.16. The first-order valence-corrected chi connectivity index (χ1v) is 9.23. The van der Waals surface area contributed by atoms with Crippen LogP contribution in [0.4, 0.5) is 0 Å². The molecule has 0 atom stereocenters. The van der Waals surface area contributed by atoms with Crippen molar-refractivity contribution in [1.82, 2.24) is 5.43 Å². The Bertz CT molecular complexity index is 1130. The van der Waals surface area contributed by atoms with Crippen molar-refractivity contribution in [2.24, 2.45) is 5.10 Å². The summed E-state index contributed by atoms with van der Waals surface area (Å²) in [6.45, 7) is 2.38. The molecular weight excluding hydrogens is 348 g/mol. The number of hydrogen-bond donors (Lipinski definition) is 1. The zero-order valence-electron chi connectivity index (χ0n) is 15.6. The molecule has 0 aliphatic heterocycles. The molecule has 4 heteroatoms. The number of amides is 1. The number of hydrazone groups is 1. The minimum Gasteiger partial charge on any atom is -0.493 e. The third-order valence-electron chi connectivity index (χ3n) is 4.60. The second-order valence-corrected chi connectivity index (χ2v) is 6.36. The minimum atomic E-state index is -0.301. The summed E-state index contributed by atoms with van der Waals surface area (Å²) in [5.41, 5.74) is 4.07. The molecule has 138 valence electrons. The van der Waals surface area contributed by atoms with Crippen LogP contribution in [0.15, 0.2) is 84.0 Å². The van der Waals surface area contributed by atoms with Crippen LogP contribution in [0.5, 0.6) is 5.75 Å². The largest absolute Gasteiger partial charge is 0.493 e. The van der Waals surface area contributed by atoms with Crippen molar-refractivity contribution < 1.29 is 9.53 Å². The van der Waals surface area contributed by atoms with Gasteiger partial charge in [-0.2, -0.15) is 5.10 Å². The lowest BCUT2D eigenvalue weighted by Crippen LogP contribution is -2.18. The van der Waals surface area contributed by atoms with E-state index < -0.39 is 0 Å². The highest BCUT2D eigenvalue weighted by molar-refractivity contribution is 6.13. The standard InChI is InChI=1S/C24H20N2O2/c1-2-28-23-14-8-7-13-21(23)24(27)26-25-16-22-19-11-5-3-9-17(19)15-18-10-4-6-12-20(18)22/h3-16H,2H2,1H3,(H,26,27)/b25-16-. The van der Waals surface area contributed by atoms with E-state index >= 15 is 0 Å². The van der Waals surface area contributed by atoms with Crippen LogP contribution in [0.2, 0.25) is 0 Å². The fourth-order valence-corrected chi connectivity index (χ4v) is 3.34. The van der Waals surface area contributed by atoms with Crippen molar-refractivity contribution in [3.05, 3.63) is 90.0 Å². The molecule has 0 aliphatic carbocycles. The molecule has 0 heterocycles. The summed E-state index contributed by atoms with van der Waals surface area (Å²) in [6, 6.07) is 25.7. The van der Waals surface area contributed by atoms with Gasteiger partial charge < -0.3 is 4.74 Å². The van der Waals surface area contributed by atoms with Gasteiger partial charge in [-0.1, -0.05) is 60.7 Å². The van der Waals surface area contributed by atoms with Gasteiger partial charge in [-0.25, -0.2) is 5.43 Å². The summed E-state index contributed by atoms with van der Waals surface area (Å²) in [7, 11) is 0. The molecule has 0 aliphatic rings. The van der Waals surface area contributed by atoms with Crippen LogP contribution in [-0.2, 0) is 0 Å². The first-order chi connectivity index (χ1) is 13.8. The van der Waals surface area contributed by atoms with Crippen molar-refractivity contribution in [2.75, 3.05) is 6.61 Å². The lowest BCUT2D eigenvalue weighted by Gasteiger charge is -2.09. The summed E-state index contributed by atoms with van der Waals surface area (Å²) >= 11 is 0. The highest BCUT2D eigenvalue weighted by Gasteiger charge is 2.11. The average molecular weight is 368 g/mol. The maximum absolute atomic E-state index is 12.6. The van der Waals surface area contributed by atoms with Crippen molar-refractivity contribution in [1.29, 1.82) is 0 Å². The van der Waals surface area contributed by atoms with E-state index in [1.807, 2.05) is 37.3 Å². The molecule has 0 bridgehead atoms. The third kappa shape index (κ3) is 3.45. The smallest absolute Gasteiger partial charge is 0.275 e. The number of nitrogens with zero attached hydrogens (tertiary/aromatic N) is 1. The molecule has 0 fully saturated rings. The highest BCUT2D eigenvalue weighted by Crippen LogP contribution is 2.27. The van der Waals surface area contributed by atoms with E-state index in [4.69, 9.17) is 4.74 Å². The first-order valence-electron chi connectivity index (χ1n) is 9.23. The van der Waals surface area contributed by atoms with Crippen LogP contribution < -0.4 is 10.2 Å². The van der Waals surface area contributed by atoms with Crippen molar-refractivity contribution in [3.63, 3.8) is 0 Å². The average Bonchev–Trinajstić information content (AvgIpc) is 2.73. The fourth-order valence-electron chi connectivity index (χ4n) is 3.34. The lowest BCUT2D eigenvalue weighted by molar-refractivity contribution is 0.0951. The number of carbonyl (C=O) groups excluding carboxylic acids is 1. The topological polar surface area (TPSA) is 50.7 Å². The van der Waals surface area contributed by atoms with Gasteiger partial charge in [0, 0.05) is 5.56 Å². The van der Waals surface area contributed by atoms with Crippen LogP contribution in [0.1, 0.15) is 22.8 Å². The van der Waals surface area contributed by atoms with Gasteiger partial charge in [-0.15, -0.1) is 0 Å². The Morgan fingerprint density at radius 1 is 0.929 bits per heavy atom. The zero-order valence-corrected chi connectivity index (χ0v) is 15.6. The first kappa shape index (κ1) is 17.7. The van der Waals surface area contributed by atoms with Crippen LogP contribution in [-0.4, -0.2) is 18.7 Å². The van der Waals surface area contributed by atoms with Crippen LogP contribution in [0, 0.1) is 0 Å². The summed E-state index contributed by atoms with van der Waals surface area (Å²) in [4.78, 5) is 12.6. The molecule has 28 heavy (non-hydrogen) atoms. The highest BCUT2D eigenvalue weighted by atomic mass is 16.5. The van der Waals surface area contributed by atoms with E-state index in [2.05, 4.69) is 40.9 Å². The summed E-state index contributed by atoms with van der Waals surface area (Å²) in [5.74, 6) is 0.248. The summed E-state index contributed by atoms with van der Waals surface area (Å²) in [5, 5.41) is 8.69. The summed E-state index contributed by atoms with van der Waals surface area (Å²) < 4.78 is 5.53. The number of benzene rings is 4. The second kappa shape index (κ2) is 7.92. The molecule has 0 saturated heterocycles. The van der Waals surface area contributed by atoms with Crippen molar-refractivity contribution >= 4 is 33.7 Å². The van der Waals surface area contributed by atoms with E-state index in [1.165, 1.54) is 0 Å². The maximum Gasteiger partial charge on any atom is 0.275 e. The van der Waals surface area contributed by atoms with Crippen LogP contribution >= 0.6 is 0 Å². The van der Waals surface area contributed by atoms with E-state index in [0.717, 1.165) is 27.1 Å². The van der Waals surface area contributed by atoms with Gasteiger partial charge in [0.1, 0.15) is 5.75 Å². The van der Waals surface area contributed by atoms with Crippen molar-refractivity contribution in [2.45, 2.75) is 6.92 Å². The molecule has 4 aromatic rings. The molecule has 0 aromatic heterocycles. The quantitative estimate of drug-likeness (QED) is 0.301. The molecule has 4 aromatic carbocycles.